The highest BCUT2D eigenvalue weighted by Crippen LogP contribution is 2.11. The van der Waals surface area contributed by atoms with Gasteiger partial charge in [-0.25, -0.2) is 0 Å². The Morgan fingerprint density at radius 1 is 1.48 bits per heavy atom. The number of nitrogens with one attached hydrogen (secondary N) is 2. The van der Waals surface area contributed by atoms with E-state index in [0.717, 1.165) is 37.5 Å². The molecular weight excluding hydrogens is 433 g/mol. The van der Waals surface area contributed by atoms with Crippen LogP contribution in [0.4, 0.5) is 0 Å². The van der Waals surface area contributed by atoms with E-state index < -0.39 is 0 Å². The van der Waals surface area contributed by atoms with Crippen molar-refractivity contribution in [1.82, 2.24) is 10.6 Å². The van der Waals surface area contributed by atoms with E-state index in [-0.39, 0.29) is 36.1 Å². The van der Waals surface area contributed by atoms with E-state index in [4.69, 9.17) is 9.47 Å². The fourth-order valence-corrected chi connectivity index (χ4v) is 2.53. The first kappa shape index (κ1) is 22.0. The van der Waals surface area contributed by atoms with Gasteiger partial charge in [0.1, 0.15) is 5.75 Å². The largest absolute Gasteiger partial charge is 0.508 e. The number of ether oxygens (including phenoxy) is 2. The molecular formula is C18H30IN3O3. The Morgan fingerprint density at radius 3 is 3.00 bits per heavy atom. The van der Waals surface area contributed by atoms with E-state index >= 15 is 0 Å². The Hall–Kier alpha value is -1.06. The number of aromatic hydroxyl groups is 1. The first-order valence-electron chi connectivity index (χ1n) is 8.69. The number of nitrogens with zero attached hydrogens (tertiary/aromatic N) is 1. The fraction of sp³-hybridized carbons (Fsp3) is 0.611. The van der Waals surface area contributed by atoms with E-state index in [2.05, 4.69) is 22.5 Å². The molecule has 1 aliphatic rings. The van der Waals surface area contributed by atoms with Crippen LogP contribution in [0.5, 0.6) is 5.75 Å². The number of benzene rings is 1. The molecule has 1 aromatic rings. The lowest BCUT2D eigenvalue weighted by molar-refractivity contribution is 0.0347. The minimum Gasteiger partial charge on any atom is -0.508 e. The van der Waals surface area contributed by atoms with E-state index in [0.29, 0.717) is 25.5 Å². The summed E-state index contributed by atoms with van der Waals surface area (Å²) in [5.41, 5.74) is 1.08. The molecule has 142 valence electrons. The molecule has 1 saturated heterocycles. The summed E-state index contributed by atoms with van der Waals surface area (Å²) in [5, 5.41) is 16.1. The summed E-state index contributed by atoms with van der Waals surface area (Å²) in [4.78, 5) is 4.59. The zero-order chi connectivity index (χ0) is 17.2. The second-order valence-corrected chi connectivity index (χ2v) is 6.04. The molecule has 0 amide bonds. The van der Waals surface area contributed by atoms with Crippen molar-refractivity contribution >= 4 is 29.9 Å². The molecule has 0 aromatic heterocycles. The summed E-state index contributed by atoms with van der Waals surface area (Å²) in [6, 6.07) is 7.47. The lowest BCUT2D eigenvalue weighted by Crippen LogP contribution is -2.44. The maximum Gasteiger partial charge on any atom is 0.191 e. The third kappa shape index (κ3) is 8.73. The van der Waals surface area contributed by atoms with Gasteiger partial charge in [0, 0.05) is 25.7 Å². The molecule has 0 aliphatic carbocycles. The summed E-state index contributed by atoms with van der Waals surface area (Å²) in [6.07, 6.45) is 1.99. The van der Waals surface area contributed by atoms with Crippen LogP contribution in [0.15, 0.2) is 29.3 Å². The van der Waals surface area contributed by atoms with E-state index in [1.807, 2.05) is 19.1 Å². The quantitative estimate of drug-likeness (QED) is 0.314. The van der Waals surface area contributed by atoms with Crippen molar-refractivity contribution in [2.24, 2.45) is 4.99 Å². The zero-order valence-electron chi connectivity index (χ0n) is 15.0. The van der Waals surface area contributed by atoms with E-state index in [1.165, 1.54) is 0 Å². The number of rotatable bonds is 8. The summed E-state index contributed by atoms with van der Waals surface area (Å²) in [5.74, 6) is 1.08. The lowest BCUT2D eigenvalue weighted by atomic mass is 10.1. The average Bonchev–Trinajstić information content (AvgIpc) is 3.07. The number of halogens is 1. The van der Waals surface area contributed by atoms with Gasteiger partial charge in [0.05, 0.1) is 19.3 Å². The van der Waals surface area contributed by atoms with Crippen LogP contribution in [0.1, 0.15) is 25.8 Å². The first-order valence-corrected chi connectivity index (χ1v) is 8.69. The smallest absolute Gasteiger partial charge is 0.191 e. The molecule has 3 N–H and O–H groups in total. The van der Waals surface area contributed by atoms with Crippen LogP contribution in [-0.4, -0.2) is 56.1 Å². The van der Waals surface area contributed by atoms with Crippen molar-refractivity contribution in [3.63, 3.8) is 0 Å². The Balaban J connectivity index is 0.00000312. The van der Waals surface area contributed by atoms with Gasteiger partial charge in [-0.15, -0.1) is 24.0 Å². The highest BCUT2D eigenvalue weighted by Gasteiger charge is 2.17. The van der Waals surface area contributed by atoms with Crippen molar-refractivity contribution in [3.8, 4) is 5.75 Å². The maximum absolute atomic E-state index is 9.49. The summed E-state index contributed by atoms with van der Waals surface area (Å²) in [7, 11) is 0. The van der Waals surface area contributed by atoms with Gasteiger partial charge < -0.3 is 25.2 Å². The van der Waals surface area contributed by atoms with Gasteiger partial charge in [-0.05, 0) is 44.4 Å². The molecule has 2 rings (SSSR count). The Morgan fingerprint density at radius 2 is 2.32 bits per heavy atom. The maximum atomic E-state index is 9.49. The standard InChI is InChI=1S/C18H29N3O3.HI/c1-3-19-18(20-9-7-15-5-4-6-16(22)11-15)21-14(2)12-24-17-8-10-23-13-17;/h4-6,11,14,17,22H,3,7-10,12-13H2,1-2H3,(H2,19,20,21);1H. The molecule has 7 heteroatoms. The summed E-state index contributed by atoms with van der Waals surface area (Å²) >= 11 is 0. The fourth-order valence-electron chi connectivity index (χ4n) is 2.53. The Bertz CT molecular complexity index is 522. The molecule has 1 fully saturated rings. The summed E-state index contributed by atoms with van der Waals surface area (Å²) < 4.78 is 11.1. The van der Waals surface area contributed by atoms with Gasteiger partial charge in [-0.1, -0.05) is 12.1 Å². The average molecular weight is 463 g/mol. The highest BCUT2D eigenvalue weighted by atomic mass is 127. The molecule has 6 nitrogen and oxygen atoms in total. The molecule has 2 atom stereocenters. The molecule has 1 aliphatic heterocycles. The molecule has 1 heterocycles. The molecule has 25 heavy (non-hydrogen) atoms. The van der Waals surface area contributed by atoms with Crippen molar-refractivity contribution in [3.05, 3.63) is 29.8 Å². The normalized spacial score (nSPS) is 18.5. The summed E-state index contributed by atoms with van der Waals surface area (Å²) in [6.45, 7) is 7.72. The topological polar surface area (TPSA) is 75.1 Å². The van der Waals surface area contributed by atoms with Gasteiger partial charge in [-0.3, -0.25) is 4.99 Å². The van der Waals surface area contributed by atoms with Gasteiger partial charge in [-0.2, -0.15) is 0 Å². The van der Waals surface area contributed by atoms with E-state index in [9.17, 15) is 5.11 Å². The minimum atomic E-state index is 0. The van der Waals surface area contributed by atoms with Gasteiger partial charge >= 0.3 is 0 Å². The predicted octanol–water partition coefficient (Wildman–Crippen LogP) is 2.30. The SMILES string of the molecule is CCNC(=NCCc1cccc(O)c1)NC(C)COC1CCOC1.I. The molecule has 0 bridgehead atoms. The molecule has 0 spiro atoms. The number of aliphatic imine (C=N–C) groups is 1. The minimum absolute atomic E-state index is 0. The number of hydrogen-bond acceptors (Lipinski definition) is 4. The van der Waals surface area contributed by atoms with Gasteiger partial charge in [0.2, 0.25) is 0 Å². The number of hydrogen-bond donors (Lipinski definition) is 3. The van der Waals surface area contributed by atoms with Crippen molar-refractivity contribution in [2.75, 3.05) is 32.9 Å². The Labute approximate surface area is 167 Å². The Kier molecular flexibility index (Phi) is 10.8. The van der Waals surface area contributed by atoms with Crippen LogP contribution in [-0.2, 0) is 15.9 Å². The highest BCUT2D eigenvalue weighted by molar-refractivity contribution is 14.0. The third-order valence-electron chi connectivity index (χ3n) is 3.78. The number of phenolic OH excluding ortho intramolecular Hbond substituents is 1. The van der Waals surface area contributed by atoms with Crippen LogP contribution in [0.3, 0.4) is 0 Å². The van der Waals surface area contributed by atoms with Crippen molar-refractivity contribution in [1.29, 1.82) is 0 Å². The van der Waals surface area contributed by atoms with Crippen molar-refractivity contribution in [2.45, 2.75) is 38.8 Å². The predicted molar refractivity (Wildman–Crippen MR) is 111 cm³/mol. The number of phenols is 1. The van der Waals surface area contributed by atoms with Crippen LogP contribution in [0.25, 0.3) is 0 Å². The monoisotopic (exact) mass is 463 g/mol. The molecule has 2 unspecified atom stereocenters. The van der Waals surface area contributed by atoms with Crippen LogP contribution in [0.2, 0.25) is 0 Å². The van der Waals surface area contributed by atoms with Crippen LogP contribution < -0.4 is 10.6 Å². The van der Waals surface area contributed by atoms with Crippen molar-refractivity contribution < 1.29 is 14.6 Å². The van der Waals surface area contributed by atoms with Gasteiger partial charge in [0.15, 0.2) is 5.96 Å². The molecule has 1 aromatic carbocycles. The van der Waals surface area contributed by atoms with Crippen LogP contribution >= 0.6 is 24.0 Å². The second-order valence-electron chi connectivity index (χ2n) is 6.04. The number of guanidine groups is 1. The second kappa shape index (κ2) is 12.3. The third-order valence-corrected chi connectivity index (χ3v) is 3.78. The molecule has 0 saturated carbocycles. The zero-order valence-corrected chi connectivity index (χ0v) is 17.4. The van der Waals surface area contributed by atoms with E-state index in [1.54, 1.807) is 12.1 Å². The van der Waals surface area contributed by atoms with Gasteiger partial charge in [0.25, 0.3) is 0 Å². The first-order chi connectivity index (χ1) is 11.7. The van der Waals surface area contributed by atoms with Crippen LogP contribution in [0, 0.1) is 0 Å². The lowest BCUT2D eigenvalue weighted by Gasteiger charge is -2.19. The molecule has 0 radical (unpaired) electrons.